The van der Waals surface area contributed by atoms with E-state index in [2.05, 4.69) is 0 Å². The van der Waals surface area contributed by atoms with Crippen LogP contribution in [-0.4, -0.2) is 18.4 Å². The lowest BCUT2D eigenvalue weighted by Crippen LogP contribution is -2.40. The second-order valence-corrected chi connectivity index (χ2v) is 3.59. The zero-order valence-corrected chi connectivity index (χ0v) is 8.41. The van der Waals surface area contributed by atoms with Crippen LogP contribution in [0.5, 0.6) is 0 Å². The molecule has 2 N–H and O–H groups in total. The Hall–Kier alpha value is -2.05. The van der Waals surface area contributed by atoms with Crippen LogP contribution in [-0.2, 0) is 15.5 Å². The summed E-state index contributed by atoms with van der Waals surface area (Å²) in [6, 6.07) is 2.53. The van der Waals surface area contributed by atoms with Gasteiger partial charge in [-0.05, 0) is 18.2 Å². The van der Waals surface area contributed by atoms with Gasteiger partial charge in [0.05, 0.1) is 11.3 Å². The molecule has 90 valence electrons. The van der Waals surface area contributed by atoms with Gasteiger partial charge in [0.25, 0.3) is 0 Å². The van der Waals surface area contributed by atoms with Crippen LogP contribution in [0.1, 0.15) is 5.56 Å². The lowest BCUT2D eigenvalue weighted by atomic mass is 10.1. The van der Waals surface area contributed by atoms with Crippen molar-refractivity contribution in [3.05, 3.63) is 29.6 Å². The average Bonchev–Trinajstić information content (AvgIpc) is 2.40. The lowest BCUT2D eigenvalue weighted by Gasteiger charge is -2.14. The number of alkyl halides is 2. The molecule has 0 aliphatic carbocycles. The van der Waals surface area contributed by atoms with E-state index in [9.17, 15) is 22.8 Å². The van der Waals surface area contributed by atoms with Crippen LogP contribution in [0.15, 0.2) is 18.2 Å². The first-order chi connectivity index (χ1) is 7.84. The number of benzene rings is 1. The molecular formula is C10H7F3N2O2. The van der Waals surface area contributed by atoms with Gasteiger partial charge in [0, 0.05) is 0 Å². The first kappa shape index (κ1) is 11.4. The second kappa shape index (κ2) is 3.47. The molecular weight excluding hydrogens is 237 g/mol. The van der Waals surface area contributed by atoms with Gasteiger partial charge in [0.1, 0.15) is 12.4 Å². The number of carbonyl (C=O) groups is 2. The molecule has 0 aromatic heterocycles. The number of primary amides is 1. The van der Waals surface area contributed by atoms with Gasteiger partial charge >= 0.3 is 11.8 Å². The van der Waals surface area contributed by atoms with Crippen LogP contribution in [0.4, 0.5) is 18.9 Å². The van der Waals surface area contributed by atoms with E-state index in [0.717, 1.165) is 12.1 Å². The summed E-state index contributed by atoms with van der Waals surface area (Å²) in [5.41, 5.74) is 3.92. The minimum Gasteiger partial charge on any atom is -0.368 e. The summed E-state index contributed by atoms with van der Waals surface area (Å²) in [4.78, 5) is 22.6. The number of hydrogen-bond acceptors (Lipinski definition) is 2. The van der Waals surface area contributed by atoms with Crippen molar-refractivity contribution in [3.8, 4) is 0 Å². The van der Waals surface area contributed by atoms with E-state index >= 15 is 0 Å². The van der Waals surface area contributed by atoms with Crippen LogP contribution in [0.3, 0.4) is 0 Å². The Bertz CT molecular complexity index is 516. The molecule has 17 heavy (non-hydrogen) atoms. The summed E-state index contributed by atoms with van der Waals surface area (Å²) in [6.07, 6.45) is 0. The molecule has 1 heterocycles. The topological polar surface area (TPSA) is 63.4 Å². The van der Waals surface area contributed by atoms with Crippen molar-refractivity contribution >= 4 is 17.5 Å². The van der Waals surface area contributed by atoms with Crippen LogP contribution in [0, 0.1) is 5.82 Å². The summed E-state index contributed by atoms with van der Waals surface area (Å²) in [7, 11) is 0. The fraction of sp³-hybridized carbons (Fsp3) is 0.200. The molecule has 0 spiro atoms. The van der Waals surface area contributed by atoms with Gasteiger partial charge in [0.15, 0.2) is 0 Å². The number of halogens is 3. The highest BCUT2D eigenvalue weighted by Gasteiger charge is 2.53. The fourth-order valence-corrected chi connectivity index (χ4v) is 1.70. The number of nitrogens with zero attached hydrogens (tertiary/aromatic N) is 1. The summed E-state index contributed by atoms with van der Waals surface area (Å²) in [5.74, 6) is -7.20. The smallest absolute Gasteiger partial charge is 0.352 e. The molecule has 0 atom stereocenters. The highest BCUT2D eigenvalue weighted by molar-refractivity contribution is 6.08. The van der Waals surface area contributed by atoms with Gasteiger partial charge in [-0.3, -0.25) is 14.5 Å². The maximum Gasteiger partial charge on any atom is 0.352 e. The van der Waals surface area contributed by atoms with E-state index in [1.807, 2.05) is 0 Å². The summed E-state index contributed by atoms with van der Waals surface area (Å²) in [6.45, 7) is -0.660. The average molecular weight is 244 g/mol. The van der Waals surface area contributed by atoms with Crippen molar-refractivity contribution in [2.24, 2.45) is 5.73 Å². The number of amides is 2. The van der Waals surface area contributed by atoms with Crippen LogP contribution < -0.4 is 10.6 Å². The molecule has 0 saturated heterocycles. The molecule has 0 radical (unpaired) electrons. The molecule has 0 unspecified atom stereocenters. The maximum absolute atomic E-state index is 13.5. The van der Waals surface area contributed by atoms with Crippen molar-refractivity contribution in [1.82, 2.24) is 0 Å². The summed E-state index contributed by atoms with van der Waals surface area (Å²) >= 11 is 0. The third-order valence-corrected chi connectivity index (χ3v) is 2.42. The molecule has 4 nitrogen and oxygen atoms in total. The summed E-state index contributed by atoms with van der Waals surface area (Å²) in [5, 5.41) is 0. The van der Waals surface area contributed by atoms with Crippen LogP contribution in [0.25, 0.3) is 0 Å². The minimum atomic E-state index is -3.83. The fourth-order valence-electron chi connectivity index (χ4n) is 1.70. The highest BCUT2D eigenvalue weighted by atomic mass is 19.3. The van der Waals surface area contributed by atoms with Crippen molar-refractivity contribution in [3.63, 3.8) is 0 Å². The van der Waals surface area contributed by atoms with Crippen molar-refractivity contribution in [2.45, 2.75) is 5.92 Å². The Morgan fingerprint density at radius 1 is 1.41 bits per heavy atom. The Labute approximate surface area is 93.8 Å². The first-order valence-corrected chi connectivity index (χ1v) is 4.62. The van der Waals surface area contributed by atoms with Gasteiger partial charge in [0.2, 0.25) is 5.91 Å². The largest absolute Gasteiger partial charge is 0.368 e. The highest BCUT2D eigenvalue weighted by Crippen LogP contribution is 2.44. The number of nitrogens with two attached hydrogens (primary N) is 1. The molecule has 1 aliphatic rings. The molecule has 2 amide bonds. The van der Waals surface area contributed by atoms with Crippen LogP contribution >= 0.6 is 0 Å². The van der Waals surface area contributed by atoms with Crippen molar-refractivity contribution in [1.29, 1.82) is 0 Å². The quantitative estimate of drug-likeness (QED) is 0.834. The predicted octanol–water partition coefficient (Wildman–Crippen LogP) is 0.749. The number of rotatable bonds is 2. The third-order valence-electron chi connectivity index (χ3n) is 2.42. The molecule has 2 rings (SSSR count). The third kappa shape index (κ3) is 1.63. The number of anilines is 1. The second-order valence-electron chi connectivity index (χ2n) is 3.59. The van der Waals surface area contributed by atoms with E-state index in [4.69, 9.17) is 5.73 Å². The zero-order chi connectivity index (χ0) is 12.8. The summed E-state index contributed by atoms with van der Waals surface area (Å²) < 4.78 is 39.9. The van der Waals surface area contributed by atoms with Gasteiger partial charge in [-0.25, -0.2) is 4.39 Å². The molecule has 7 heteroatoms. The van der Waals surface area contributed by atoms with Gasteiger partial charge in [-0.2, -0.15) is 8.78 Å². The van der Waals surface area contributed by atoms with Gasteiger partial charge < -0.3 is 5.73 Å². The zero-order valence-electron chi connectivity index (χ0n) is 8.41. The van der Waals surface area contributed by atoms with E-state index in [1.165, 1.54) is 0 Å². The number of fused-ring (bicyclic) bond motifs is 1. The minimum absolute atomic E-state index is 0.194. The molecule has 1 aromatic carbocycles. The first-order valence-electron chi connectivity index (χ1n) is 4.62. The Morgan fingerprint density at radius 3 is 2.65 bits per heavy atom. The Kier molecular flexibility index (Phi) is 2.34. The monoisotopic (exact) mass is 244 g/mol. The number of carbonyl (C=O) groups excluding carboxylic acids is 2. The number of hydrogen-bond donors (Lipinski definition) is 1. The van der Waals surface area contributed by atoms with Gasteiger partial charge in [-0.1, -0.05) is 0 Å². The van der Waals surface area contributed by atoms with E-state index in [-0.39, 0.29) is 5.69 Å². The normalized spacial score (nSPS) is 17.1. The SMILES string of the molecule is NC(=O)CN1C(=O)C(F)(F)c2cc(F)ccc21. The molecule has 0 fully saturated rings. The molecule has 0 bridgehead atoms. The van der Waals surface area contributed by atoms with E-state index in [0.29, 0.717) is 11.0 Å². The van der Waals surface area contributed by atoms with Crippen molar-refractivity contribution < 1.29 is 22.8 Å². The molecule has 0 saturated carbocycles. The predicted molar refractivity (Wildman–Crippen MR) is 51.8 cm³/mol. The lowest BCUT2D eigenvalue weighted by molar-refractivity contribution is -0.142. The molecule has 1 aromatic rings. The van der Waals surface area contributed by atoms with E-state index < -0.39 is 35.7 Å². The molecule has 1 aliphatic heterocycles. The standard InChI is InChI=1S/C10H7F3N2O2/c11-5-1-2-7-6(3-5)10(12,13)9(17)15(7)4-8(14)16/h1-3H,4H2,(H2,14,16). The maximum atomic E-state index is 13.5. The van der Waals surface area contributed by atoms with Gasteiger partial charge in [-0.15, -0.1) is 0 Å². The Balaban J connectivity index is 2.55. The van der Waals surface area contributed by atoms with E-state index in [1.54, 1.807) is 0 Å². The Morgan fingerprint density at radius 2 is 2.06 bits per heavy atom. The van der Waals surface area contributed by atoms with Crippen molar-refractivity contribution in [2.75, 3.05) is 11.4 Å². The van der Waals surface area contributed by atoms with Crippen LogP contribution in [0.2, 0.25) is 0 Å².